The zero-order valence-electron chi connectivity index (χ0n) is 11.7. The highest BCUT2D eigenvalue weighted by Gasteiger charge is 2.11. The van der Waals surface area contributed by atoms with Crippen molar-refractivity contribution in [2.45, 2.75) is 32.2 Å². The number of hydrogen-bond acceptors (Lipinski definition) is 3. The van der Waals surface area contributed by atoms with Gasteiger partial charge in [0.05, 0.1) is 0 Å². The standard InChI is InChI=1S/C16H20BrN3/c1-2-8-18-16(10-14-5-3-4-9-19-14)11-15-7-6-13(17)12-20-15/h3-7,9,12,16,18H,2,8,10-11H2,1H3. The first-order chi connectivity index (χ1) is 9.78. The summed E-state index contributed by atoms with van der Waals surface area (Å²) in [4.78, 5) is 8.87. The summed E-state index contributed by atoms with van der Waals surface area (Å²) in [5.74, 6) is 0. The topological polar surface area (TPSA) is 37.8 Å². The van der Waals surface area contributed by atoms with E-state index in [1.807, 2.05) is 30.6 Å². The average molecular weight is 334 g/mol. The van der Waals surface area contributed by atoms with Crippen LogP contribution in [-0.2, 0) is 12.8 Å². The van der Waals surface area contributed by atoms with Gasteiger partial charge >= 0.3 is 0 Å². The normalized spacial score (nSPS) is 12.3. The zero-order chi connectivity index (χ0) is 14.2. The lowest BCUT2D eigenvalue weighted by molar-refractivity contribution is 0.496. The number of pyridine rings is 2. The Kier molecular flexibility index (Phi) is 6.15. The summed E-state index contributed by atoms with van der Waals surface area (Å²) in [7, 11) is 0. The van der Waals surface area contributed by atoms with Crippen molar-refractivity contribution in [3.05, 3.63) is 58.6 Å². The Balaban J connectivity index is 2.01. The molecule has 20 heavy (non-hydrogen) atoms. The number of halogens is 1. The maximum atomic E-state index is 4.46. The Morgan fingerprint density at radius 3 is 2.50 bits per heavy atom. The molecule has 0 saturated heterocycles. The summed E-state index contributed by atoms with van der Waals surface area (Å²) in [6.45, 7) is 3.21. The number of hydrogen-bond donors (Lipinski definition) is 1. The second-order valence-electron chi connectivity index (χ2n) is 4.85. The summed E-state index contributed by atoms with van der Waals surface area (Å²) in [6.07, 6.45) is 6.69. The first kappa shape index (κ1) is 15.1. The van der Waals surface area contributed by atoms with E-state index in [1.165, 1.54) is 0 Å². The van der Waals surface area contributed by atoms with Gasteiger partial charge in [0.15, 0.2) is 0 Å². The fraction of sp³-hybridized carbons (Fsp3) is 0.375. The fourth-order valence-corrected chi connectivity index (χ4v) is 2.35. The van der Waals surface area contributed by atoms with Crippen molar-refractivity contribution in [2.24, 2.45) is 0 Å². The molecule has 0 aliphatic heterocycles. The van der Waals surface area contributed by atoms with Crippen LogP contribution in [0.25, 0.3) is 0 Å². The van der Waals surface area contributed by atoms with E-state index in [-0.39, 0.29) is 0 Å². The molecule has 0 aromatic carbocycles. The van der Waals surface area contributed by atoms with Crippen molar-refractivity contribution in [3.63, 3.8) is 0 Å². The molecule has 1 unspecified atom stereocenters. The minimum absolute atomic E-state index is 0.374. The van der Waals surface area contributed by atoms with Gasteiger partial charge in [-0.2, -0.15) is 0 Å². The molecule has 0 saturated carbocycles. The molecule has 1 atom stereocenters. The smallest absolute Gasteiger partial charge is 0.0420 e. The molecule has 0 bridgehead atoms. The Bertz CT molecular complexity index is 499. The van der Waals surface area contributed by atoms with Crippen LogP contribution in [0.3, 0.4) is 0 Å². The predicted octanol–water partition coefficient (Wildman–Crippen LogP) is 3.39. The molecular formula is C16H20BrN3. The summed E-state index contributed by atoms with van der Waals surface area (Å²) < 4.78 is 1.02. The lowest BCUT2D eigenvalue weighted by Gasteiger charge is -2.18. The van der Waals surface area contributed by atoms with Gasteiger partial charge in [0, 0.05) is 47.1 Å². The Morgan fingerprint density at radius 2 is 1.90 bits per heavy atom. The number of aromatic nitrogens is 2. The molecule has 0 spiro atoms. The molecule has 2 aromatic rings. The highest BCUT2D eigenvalue weighted by Crippen LogP contribution is 2.10. The summed E-state index contributed by atoms with van der Waals surface area (Å²) in [5, 5.41) is 3.59. The molecule has 2 rings (SSSR count). The summed E-state index contributed by atoms with van der Waals surface area (Å²) >= 11 is 3.42. The van der Waals surface area contributed by atoms with Crippen molar-refractivity contribution in [1.82, 2.24) is 15.3 Å². The van der Waals surface area contributed by atoms with Gasteiger partial charge in [-0.3, -0.25) is 9.97 Å². The second kappa shape index (κ2) is 8.12. The van der Waals surface area contributed by atoms with Gasteiger partial charge in [0.1, 0.15) is 0 Å². The van der Waals surface area contributed by atoms with Crippen LogP contribution in [0.1, 0.15) is 24.7 Å². The van der Waals surface area contributed by atoms with E-state index >= 15 is 0 Å². The van der Waals surface area contributed by atoms with Crippen molar-refractivity contribution in [3.8, 4) is 0 Å². The third-order valence-electron chi connectivity index (χ3n) is 3.11. The molecule has 0 aliphatic rings. The number of nitrogens with one attached hydrogen (secondary N) is 1. The lowest BCUT2D eigenvalue weighted by atomic mass is 10.0. The van der Waals surface area contributed by atoms with E-state index in [1.54, 1.807) is 0 Å². The minimum Gasteiger partial charge on any atom is -0.313 e. The van der Waals surface area contributed by atoms with Gasteiger partial charge in [-0.25, -0.2) is 0 Å². The molecule has 2 aromatic heterocycles. The van der Waals surface area contributed by atoms with E-state index in [9.17, 15) is 0 Å². The van der Waals surface area contributed by atoms with Crippen molar-refractivity contribution in [2.75, 3.05) is 6.54 Å². The number of rotatable bonds is 7. The van der Waals surface area contributed by atoms with E-state index < -0.39 is 0 Å². The minimum atomic E-state index is 0.374. The van der Waals surface area contributed by atoms with E-state index in [4.69, 9.17) is 0 Å². The lowest BCUT2D eigenvalue weighted by Crippen LogP contribution is -2.34. The molecule has 2 heterocycles. The molecule has 106 valence electrons. The monoisotopic (exact) mass is 333 g/mol. The molecule has 0 radical (unpaired) electrons. The molecule has 0 fully saturated rings. The first-order valence-corrected chi connectivity index (χ1v) is 7.81. The van der Waals surface area contributed by atoms with Gasteiger partial charge in [-0.15, -0.1) is 0 Å². The Hall–Kier alpha value is -1.26. The maximum Gasteiger partial charge on any atom is 0.0420 e. The van der Waals surface area contributed by atoms with Gasteiger partial charge < -0.3 is 5.32 Å². The Morgan fingerprint density at radius 1 is 1.10 bits per heavy atom. The zero-order valence-corrected chi connectivity index (χ0v) is 13.3. The van der Waals surface area contributed by atoms with Crippen LogP contribution >= 0.6 is 15.9 Å². The van der Waals surface area contributed by atoms with Gasteiger partial charge in [0.25, 0.3) is 0 Å². The van der Waals surface area contributed by atoms with Crippen molar-refractivity contribution >= 4 is 15.9 Å². The Labute approximate surface area is 129 Å². The SMILES string of the molecule is CCCNC(Cc1ccccn1)Cc1ccc(Br)cn1. The van der Waals surface area contributed by atoms with E-state index in [0.29, 0.717) is 6.04 Å². The maximum absolute atomic E-state index is 4.46. The summed E-state index contributed by atoms with van der Waals surface area (Å²) in [5.41, 5.74) is 2.23. The third kappa shape index (κ3) is 5.02. The van der Waals surface area contributed by atoms with E-state index in [2.05, 4.69) is 50.3 Å². The van der Waals surface area contributed by atoms with Crippen LogP contribution in [0.2, 0.25) is 0 Å². The molecule has 4 heteroatoms. The summed E-state index contributed by atoms with van der Waals surface area (Å²) in [6, 6.07) is 10.6. The molecular weight excluding hydrogens is 314 g/mol. The molecule has 0 aliphatic carbocycles. The van der Waals surface area contributed by atoms with Crippen LogP contribution < -0.4 is 5.32 Å². The van der Waals surface area contributed by atoms with Gasteiger partial charge in [-0.05, 0) is 53.2 Å². The fourth-order valence-electron chi connectivity index (χ4n) is 2.12. The van der Waals surface area contributed by atoms with Crippen LogP contribution in [-0.4, -0.2) is 22.6 Å². The van der Waals surface area contributed by atoms with Crippen molar-refractivity contribution in [1.29, 1.82) is 0 Å². The molecule has 0 amide bonds. The van der Waals surface area contributed by atoms with Crippen LogP contribution in [0.4, 0.5) is 0 Å². The highest BCUT2D eigenvalue weighted by atomic mass is 79.9. The average Bonchev–Trinajstić information content (AvgIpc) is 2.48. The van der Waals surface area contributed by atoms with Crippen LogP contribution in [0.15, 0.2) is 47.2 Å². The largest absolute Gasteiger partial charge is 0.313 e. The molecule has 1 N–H and O–H groups in total. The number of nitrogens with zero attached hydrogens (tertiary/aromatic N) is 2. The predicted molar refractivity (Wildman–Crippen MR) is 85.7 cm³/mol. The van der Waals surface area contributed by atoms with Crippen LogP contribution in [0, 0.1) is 0 Å². The quantitative estimate of drug-likeness (QED) is 0.843. The van der Waals surface area contributed by atoms with E-state index in [0.717, 1.165) is 41.7 Å². The van der Waals surface area contributed by atoms with Gasteiger partial charge in [0.2, 0.25) is 0 Å². The van der Waals surface area contributed by atoms with Crippen LogP contribution in [0.5, 0.6) is 0 Å². The second-order valence-corrected chi connectivity index (χ2v) is 5.76. The van der Waals surface area contributed by atoms with Gasteiger partial charge in [-0.1, -0.05) is 13.0 Å². The first-order valence-electron chi connectivity index (χ1n) is 7.01. The highest BCUT2D eigenvalue weighted by molar-refractivity contribution is 9.10. The molecule has 3 nitrogen and oxygen atoms in total. The van der Waals surface area contributed by atoms with Crippen molar-refractivity contribution < 1.29 is 0 Å². The third-order valence-corrected chi connectivity index (χ3v) is 3.58.